The van der Waals surface area contributed by atoms with Gasteiger partial charge in [0.1, 0.15) is 18.2 Å². The molecule has 0 fully saturated rings. The van der Waals surface area contributed by atoms with Gasteiger partial charge in [-0.3, -0.25) is 0 Å². The molecule has 0 saturated heterocycles. The quantitative estimate of drug-likeness (QED) is 0.572. The molecule has 0 amide bonds. The minimum absolute atomic E-state index is 0.0663. The molecule has 2 aromatic carbocycles. The van der Waals surface area contributed by atoms with Crippen LogP contribution in [-0.2, 0) is 13.0 Å². The van der Waals surface area contributed by atoms with Crippen molar-refractivity contribution in [1.82, 2.24) is 4.98 Å². The smallest absolute Gasteiger partial charge is 0.355 e. The predicted octanol–water partition coefficient (Wildman–Crippen LogP) is 5.08. The third-order valence-electron chi connectivity index (χ3n) is 3.61. The van der Waals surface area contributed by atoms with Gasteiger partial charge in [-0.15, -0.1) is 11.3 Å². The number of ether oxygens (including phenoxy) is 1. The first-order valence-corrected chi connectivity index (χ1v) is 8.81. The van der Waals surface area contributed by atoms with Gasteiger partial charge in [0.2, 0.25) is 0 Å². The van der Waals surface area contributed by atoms with Crippen molar-refractivity contribution >= 4 is 28.9 Å². The van der Waals surface area contributed by atoms with Crippen LogP contribution in [0.5, 0.6) is 5.75 Å². The maximum Gasteiger partial charge on any atom is 0.355 e. The largest absolute Gasteiger partial charge is 0.488 e. The molecule has 9 heteroatoms. The first-order chi connectivity index (χ1) is 12.8. The third-order valence-corrected chi connectivity index (χ3v) is 4.69. The van der Waals surface area contributed by atoms with E-state index in [1.54, 1.807) is 18.2 Å². The van der Waals surface area contributed by atoms with Crippen molar-refractivity contribution in [2.24, 2.45) is 0 Å². The molecule has 140 valence electrons. The Morgan fingerprint density at radius 2 is 1.85 bits per heavy atom. The van der Waals surface area contributed by atoms with Crippen LogP contribution in [0.2, 0.25) is 5.02 Å². The summed E-state index contributed by atoms with van der Waals surface area (Å²) in [6, 6.07) is 5.92. The second kappa shape index (κ2) is 7.98. The summed E-state index contributed by atoms with van der Waals surface area (Å²) in [5.74, 6) is -4.16. The van der Waals surface area contributed by atoms with Crippen molar-refractivity contribution < 1.29 is 27.8 Å². The normalized spacial score (nSPS) is 10.8. The van der Waals surface area contributed by atoms with Crippen LogP contribution >= 0.6 is 22.9 Å². The van der Waals surface area contributed by atoms with Gasteiger partial charge in [-0.2, -0.15) is 0 Å². The summed E-state index contributed by atoms with van der Waals surface area (Å²) in [6.45, 7) is -0.324. The maximum atomic E-state index is 13.8. The highest BCUT2D eigenvalue weighted by atomic mass is 35.5. The number of aromatic carboxylic acids is 1. The van der Waals surface area contributed by atoms with Crippen LogP contribution in [0.3, 0.4) is 0 Å². The molecule has 0 bridgehead atoms. The minimum Gasteiger partial charge on any atom is -0.488 e. The Morgan fingerprint density at radius 3 is 2.56 bits per heavy atom. The Hall–Kier alpha value is -2.58. The van der Waals surface area contributed by atoms with Crippen molar-refractivity contribution in [3.05, 3.63) is 80.0 Å². The highest BCUT2D eigenvalue weighted by Gasteiger charge is 2.14. The lowest BCUT2D eigenvalue weighted by Gasteiger charge is -2.12. The highest BCUT2D eigenvalue weighted by Crippen LogP contribution is 2.28. The number of benzene rings is 2. The number of aromatic nitrogens is 1. The summed E-state index contributed by atoms with van der Waals surface area (Å²) < 4.78 is 45.6. The van der Waals surface area contributed by atoms with Crippen molar-refractivity contribution in [2.45, 2.75) is 13.0 Å². The number of hydrogen-bond acceptors (Lipinski definition) is 4. The van der Waals surface area contributed by atoms with Gasteiger partial charge in [0.15, 0.2) is 17.3 Å². The number of carboxylic acid groups (broad SMARTS) is 1. The summed E-state index contributed by atoms with van der Waals surface area (Å²) in [6.07, 6.45) is 0.244. The first-order valence-electron chi connectivity index (χ1n) is 7.56. The monoisotopic (exact) mass is 413 g/mol. The zero-order valence-corrected chi connectivity index (χ0v) is 15.1. The number of rotatable bonds is 6. The second-order valence-electron chi connectivity index (χ2n) is 5.51. The van der Waals surface area contributed by atoms with Crippen LogP contribution in [-0.4, -0.2) is 16.1 Å². The lowest BCUT2D eigenvalue weighted by atomic mass is 10.1. The Balaban J connectivity index is 1.81. The lowest BCUT2D eigenvalue weighted by Crippen LogP contribution is -2.03. The first kappa shape index (κ1) is 19.2. The maximum absolute atomic E-state index is 13.8. The number of nitrogens with zero attached hydrogens (tertiary/aromatic N) is 1. The van der Waals surface area contributed by atoms with Crippen molar-refractivity contribution in [3.8, 4) is 5.75 Å². The average Bonchev–Trinajstić information content (AvgIpc) is 3.07. The Bertz CT molecular complexity index is 1010. The topological polar surface area (TPSA) is 59.4 Å². The van der Waals surface area contributed by atoms with Crippen LogP contribution in [0.1, 0.15) is 26.6 Å². The molecular formula is C18H11ClF3NO3S. The van der Waals surface area contributed by atoms with Gasteiger partial charge in [0, 0.05) is 34.0 Å². The van der Waals surface area contributed by atoms with Crippen molar-refractivity contribution in [1.29, 1.82) is 0 Å². The van der Waals surface area contributed by atoms with E-state index in [1.807, 2.05) is 0 Å². The van der Waals surface area contributed by atoms with Crippen molar-refractivity contribution in [2.75, 3.05) is 0 Å². The molecule has 0 unspecified atom stereocenters. The number of carboxylic acids is 1. The SMILES string of the molecule is O=C(O)c1csc(Cc2cc(Cl)ccc2OCc2cc(F)c(F)cc2F)n1. The Kier molecular flexibility index (Phi) is 5.67. The molecule has 0 radical (unpaired) electrons. The second-order valence-corrected chi connectivity index (χ2v) is 6.89. The van der Waals surface area contributed by atoms with Crippen LogP contribution < -0.4 is 4.74 Å². The number of thiazole rings is 1. The van der Waals surface area contributed by atoms with E-state index in [2.05, 4.69) is 4.98 Å². The van der Waals surface area contributed by atoms with E-state index in [-0.39, 0.29) is 24.3 Å². The predicted molar refractivity (Wildman–Crippen MR) is 94.0 cm³/mol. The van der Waals surface area contributed by atoms with Gasteiger partial charge < -0.3 is 9.84 Å². The van der Waals surface area contributed by atoms with E-state index in [4.69, 9.17) is 21.4 Å². The molecule has 0 spiro atoms. The molecule has 27 heavy (non-hydrogen) atoms. The molecule has 1 N–H and O–H groups in total. The van der Waals surface area contributed by atoms with E-state index < -0.39 is 23.4 Å². The van der Waals surface area contributed by atoms with Crippen molar-refractivity contribution in [3.63, 3.8) is 0 Å². The zero-order valence-electron chi connectivity index (χ0n) is 13.5. The average molecular weight is 414 g/mol. The fraction of sp³-hybridized carbons (Fsp3) is 0.111. The molecule has 1 aromatic heterocycles. The van der Waals surface area contributed by atoms with Crippen LogP contribution in [0.4, 0.5) is 13.2 Å². The Labute approximate surface area is 160 Å². The van der Waals surface area contributed by atoms with Gasteiger partial charge >= 0.3 is 5.97 Å². The Morgan fingerprint density at radius 1 is 1.11 bits per heavy atom. The summed E-state index contributed by atoms with van der Waals surface area (Å²) in [5.41, 5.74) is 0.386. The molecule has 4 nitrogen and oxygen atoms in total. The summed E-state index contributed by atoms with van der Waals surface area (Å²) in [4.78, 5) is 14.9. The molecule has 1 heterocycles. The van der Waals surface area contributed by atoms with E-state index >= 15 is 0 Å². The molecule has 0 atom stereocenters. The molecule has 0 aliphatic heterocycles. The fourth-order valence-electron chi connectivity index (χ4n) is 2.31. The molecular weight excluding hydrogens is 403 g/mol. The van der Waals surface area contributed by atoms with Crippen LogP contribution in [0.25, 0.3) is 0 Å². The zero-order chi connectivity index (χ0) is 19.6. The number of hydrogen-bond donors (Lipinski definition) is 1. The van der Waals surface area contributed by atoms with Gasteiger partial charge in [0.25, 0.3) is 0 Å². The van der Waals surface area contributed by atoms with Gasteiger partial charge in [-0.25, -0.2) is 22.9 Å². The van der Waals surface area contributed by atoms with Crippen LogP contribution in [0.15, 0.2) is 35.7 Å². The summed E-state index contributed by atoms with van der Waals surface area (Å²) in [5, 5.41) is 11.3. The van der Waals surface area contributed by atoms with E-state index in [0.29, 0.717) is 27.4 Å². The summed E-state index contributed by atoms with van der Waals surface area (Å²) >= 11 is 7.17. The van der Waals surface area contributed by atoms with E-state index in [0.717, 1.165) is 6.07 Å². The van der Waals surface area contributed by atoms with E-state index in [1.165, 1.54) is 16.7 Å². The van der Waals surface area contributed by atoms with Gasteiger partial charge in [0.05, 0.1) is 5.01 Å². The molecule has 3 rings (SSSR count). The molecule has 0 saturated carbocycles. The summed E-state index contributed by atoms with van der Waals surface area (Å²) in [7, 11) is 0. The number of halogens is 4. The number of carbonyl (C=O) groups is 1. The fourth-order valence-corrected chi connectivity index (χ4v) is 3.30. The van der Waals surface area contributed by atoms with Gasteiger partial charge in [-0.05, 0) is 24.3 Å². The third kappa shape index (κ3) is 4.58. The van der Waals surface area contributed by atoms with E-state index in [9.17, 15) is 18.0 Å². The van der Waals surface area contributed by atoms with Gasteiger partial charge in [-0.1, -0.05) is 11.6 Å². The van der Waals surface area contributed by atoms with Crippen LogP contribution in [0, 0.1) is 17.5 Å². The molecule has 0 aliphatic rings. The standard InChI is InChI=1S/C18H11ClF3NO3S/c19-11-1-2-16(26-7-10-4-13(21)14(22)6-12(10)20)9(3-11)5-17-23-15(8-27-17)18(24)25/h1-4,6,8H,5,7H2,(H,24,25). The lowest BCUT2D eigenvalue weighted by molar-refractivity contribution is 0.0691. The minimum atomic E-state index is -1.28. The highest BCUT2D eigenvalue weighted by molar-refractivity contribution is 7.09. The molecule has 3 aromatic rings. The molecule has 0 aliphatic carbocycles.